The highest BCUT2D eigenvalue weighted by Crippen LogP contribution is 2.31. The normalized spacial score (nSPS) is 10.1. The van der Waals surface area contributed by atoms with E-state index in [9.17, 15) is 9.59 Å². The Morgan fingerprint density at radius 3 is 2.67 bits per heavy atom. The lowest BCUT2D eigenvalue weighted by Crippen LogP contribution is -2.32. The first-order valence-corrected chi connectivity index (χ1v) is 7.09. The van der Waals surface area contributed by atoms with Crippen molar-refractivity contribution in [2.75, 3.05) is 27.3 Å². The number of carbonyl (C=O) groups excluding carboxylic acids is 2. The van der Waals surface area contributed by atoms with E-state index in [0.717, 1.165) is 0 Å². The molecule has 0 spiro atoms. The molecule has 0 aliphatic rings. The number of methoxy groups -OCH3 is 1. The molecule has 0 bridgehead atoms. The Morgan fingerprint density at radius 1 is 1.29 bits per heavy atom. The molecule has 0 aliphatic heterocycles. The first-order valence-electron chi connectivity index (χ1n) is 6.33. The Kier molecular flexibility index (Phi) is 7.32. The fraction of sp³-hybridized carbons (Fsp3) is 0.429. The zero-order valence-corrected chi connectivity index (χ0v) is 13.4. The van der Waals surface area contributed by atoms with Crippen LogP contribution in [0.3, 0.4) is 0 Å². The highest BCUT2D eigenvalue weighted by atomic mass is 35.5. The number of hydrogen-bond donors (Lipinski definition) is 0. The largest absolute Gasteiger partial charge is 0.492 e. The number of carbonyl (C=O) groups is 2. The van der Waals surface area contributed by atoms with Gasteiger partial charge in [0.2, 0.25) is 5.91 Å². The number of benzene rings is 1. The smallest absolute Gasteiger partial charge is 0.325 e. The van der Waals surface area contributed by atoms with E-state index in [1.165, 1.54) is 12.0 Å². The average molecular weight is 334 g/mol. The van der Waals surface area contributed by atoms with Gasteiger partial charge in [0, 0.05) is 13.5 Å². The van der Waals surface area contributed by atoms with Gasteiger partial charge < -0.3 is 14.4 Å². The Bertz CT molecular complexity index is 508. The number of rotatable bonds is 7. The molecular formula is C14H17Cl2NO4. The molecule has 0 aliphatic carbocycles. The van der Waals surface area contributed by atoms with Crippen molar-refractivity contribution in [2.45, 2.75) is 12.8 Å². The standard InChI is InChI=1S/C14H17Cl2NO4/c1-17(9-13(19)20-2)12(18)7-4-8-21-11-6-3-5-10(15)14(11)16/h3,5-6H,4,7-9H2,1-2H3. The molecule has 0 unspecified atom stereocenters. The van der Waals surface area contributed by atoms with Crippen LogP contribution in [0.25, 0.3) is 0 Å². The number of amides is 1. The quantitative estimate of drug-likeness (QED) is 0.568. The molecule has 0 aromatic heterocycles. The molecular weight excluding hydrogens is 317 g/mol. The zero-order chi connectivity index (χ0) is 15.8. The molecule has 5 nitrogen and oxygen atoms in total. The fourth-order valence-electron chi connectivity index (χ4n) is 1.54. The van der Waals surface area contributed by atoms with Gasteiger partial charge >= 0.3 is 5.97 Å². The number of likely N-dealkylation sites (N-methyl/N-ethyl adjacent to an activating group) is 1. The van der Waals surface area contributed by atoms with Crippen LogP contribution in [0.2, 0.25) is 10.0 Å². The Morgan fingerprint density at radius 2 is 2.00 bits per heavy atom. The summed E-state index contributed by atoms with van der Waals surface area (Å²) < 4.78 is 9.97. The number of nitrogens with zero attached hydrogens (tertiary/aromatic N) is 1. The summed E-state index contributed by atoms with van der Waals surface area (Å²) in [6, 6.07) is 5.11. The molecule has 21 heavy (non-hydrogen) atoms. The van der Waals surface area contributed by atoms with Gasteiger partial charge in [-0.25, -0.2) is 0 Å². The summed E-state index contributed by atoms with van der Waals surface area (Å²) in [5.74, 6) is -0.117. The third-order valence-electron chi connectivity index (χ3n) is 2.73. The molecule has 0 saturated carbocycles. The van der Waals surface area contributed by atoms with Crippen molar-refractivity contribution >= 4 is 35.1 Å². The number of halogens is 2. The minimum atomic E-state index is -0.451. The lowest BCUT2D eigenvalue weighted by Gasteiger charge is -2.15. The van der Waals surface area contributed by atoms with Gasteiger partial charge in [-0.3, -0.25) is 9.59 Å². The topological polar surface area (TPSA) is 55.8 Å². The van der Waals surface area contributed by atoms with Crippen molar-refractivity contribution in [3.8, 4) is 5.75 Å². The van der Waals surface area contributed by atoms with Crippen LogP contribution in [0.4, 0.5) is 0 Å². The molecule has 0 heterocycles. The monoisotopic (exact) mass is 333 g/mol. The molecule has 0 fully saturated rings. The molecule has 116 valence electrons. The summed E-state index contributed by atoms with van der Waals surface area (Å²) in [6.07, 6.45) is 0.777. The van der Waals surface area contributed by atoms with Crippen molar-refractivity contribution in [1.82, 2.24) is 4.90 Å². The number of esters is 1. The maximum absolute atomic E-state index is 11.7. The van der Waals surface area contributed by atoms with E-state index in [1.807, 2.05) is 0 Å². The van der Waals surface area contributed by atoms with Crippen molar-refractivity contribution in [3.63, 3.8) is 0 Å². The molecule has 1 amide bonds. The first kappa shape index (κ1) is 17.6. The number of ether oxygens (including phenoxy) is 2. The van der Waals surface area contributed by atoms with Crippen molar-refractivity contribution < 1.29 is 19.1 Å². The summed E-state index contributed by atoms with van der Waals surface area (Å²) in [5, 5.41) is 0.774. The minimum absolute atomic E-state index is 0.0592. The molecule has 7 heteroatoms. The Balaban J connectivity index is 2.32. The molecule has 0 atom stereocenters. The van der Waals surface area contributed by atoms with Crippen molar-refractivity contribution in [1.29, 1.82) is 0 Å². The second-order valence-corrected chi connectivity index (χ2v) is 5.12. The van der Waals surface area contributed by atoms with E-state index in [1.54, 1.807) is 25.2 Å². The summed E-state index contributed by atoms with van der Waals surface area (Å²) in [5.41, 5.74) is 0. The Labute approximate surface area is 133 Å². The first-order chi connectivity index (χ1) is 9.95. The third-order valence-corrected chi connectivity index (χ3v) is 3.53. The zero-order valence-electron chi connectivity index (χ0n) is 11.9. The summed E-state index contributed by atoms with van der Waals surface area (Å²) in [4.78, 5) is 24.1. The lowest BCUT2D eigenvalue weighted by molar-refractivity contribution is -0.146. The van der Waals surface area contributed by atoms with Gasteiger partial charge in [-0.05, 0) is 18.6 Å². The molecule has 0 N–H and O–H groups in total. The SMILES string of the molecule is COC(=O)CN(C)C(=O)CCCOc1cccc(Cl)c1Cl. The molecule has 1 aromatic rings. The van der Waals surface area contributed by atoms with Gasteiger partial charge in [-0.2, -0.15) is 0 Å². The maximum Gasteiger partial charge on any atom is 0.325 e. The summed E-state index contributed by atoms with van der Waals surface area (Å²) in [7, 11) is 2.83. The highest BCUT2D eigenvalue weighted by molar-refractivity contribution is 6.42. The van der Waals surface area contributed by atoms with E-state index in [-0.39, 0.29) is 18.9 Å². The highest BCUT2D eigenvalue weighted by Gasteiger charge is 2.13. The van der Waals surface area contributed by atoms with Crippen LogP contribution in [-0.4, -0.2) is 44.1 Å². The van der Waals surface area contributed by atoms with Crippen LogP contribution in [0, 0.1) is 0 Å². The Hall–Kier alpha value is -1.46. The number of hydrogen-bond acceptors (Lipinski definition) is 4. The van der Waals surface area contributed by atoms with E-state index in [2.05, 4.69) is 4.74 Å². The third kappa shape index (κ3) is 5.81. The van der Waals surface area contributed by atoms with Crippen LogP contribution in [-0.2, 0) is 14.3 Å². The second kappa shape index (κ2) is 8.74. The molecule has 1 aromatic carbocycles. The predicted octanol–water partition coefficient (Wildman–Crippen LogP) is 2.78. The van der Waals surface area contributed by atoms with Crippen molar-refractivity contribution in [2.24, 2.45) is 0 Å². The van der Waals surface area contributed by atoms with Crippen LogP contribution in [0.5, 0.6) is 5.75 Å². The molecule has 0 radical (unpaired) electrons. The van der Waals surface area contributed by atoms with Crippen LogP contribution < -0.4 is 4.74 Å². The lowest BCUT2D eigenvalue weighted by atomic mass is 10.3. The predicted molar refractivity (Wildman–Crippen MR) is 80.8 cm³/mol. The van der Waals surface area contributed by atoms with Gasteiger partial charge in [0.1, 0.15) is 17.3 Å². The van der Waals surface area contributed by atoms with Gasteiger partial charge in [-0.15, -0.1) is 0 Å². The molecule has 1 rings (SSSR count). The fourth-order valence-corrected chi connectivity index (χ4v) is 1.88. The second-order valence-electron chi connectivity index (χ2n) is 4.33. The maximum atomic E-state index is 11.7. The van der Waals surface area contributed by atoms with E-state index < -0.39 is 5.97 Å². The van der Waals surface area contributed by atoms with Crippen molar-refractivity contribution in [3.05, 3.63) is 28.2 Å². The molecule has 0 saturated heterocycles. The van der Waals surface area contributed by atoms with E-state index in [4.69, 9.17) is 27.9 Å². The van der Waals surface area contributed by atoms with E-state index >= 15 is 0 Å². The summed E-state index contributed by atoms with van der Waals surface area (Å²) >= 11 is 11.8. The summed E-state index contributed by atoms with van der Waals surface area (Å²) in [6.45, 7) is 0.272. The van der Waals surface area contributed by atoms with Gasteiger partial charge in [-0.1, -0.05) is 29.3 Å². The van der Waals surface area contributed by atoms with Gasteiger partial charge in [0.15, 0.2) is 0 Å². The van der Waals surface area contributed by atoms with Crippen LogP contribution >= 0.6 is 23.2 Å². The van der Waals surface area contributed by atoms with Gasteiger partial charge in [0.05, 0.1) is 18.7 Å². The van der Waals surface area contributed by atoms with Crippen LogP contribution in [0.15, 0.2) is 18.2 Å². The van der Waals surface area contributed by atoms with Crippen LogP contribution in [0.1, 0.15) is 12.8 Å². The van der Waals surface area contributed by atoms with Gasteiger partial charge in [0.25, 0.3) is 0 Å². The average Bonchev–Trinajstić information content (AvgIpc) is 2.47. The minimum Gasteiger partial charge on any atom is -0.492 e. The van der Waals surface area contributed by atoms with E-state index in [0.29, 0.717) is 28.8 Å².